The van der Waals surface area contributed by atoms with Crippen molar-refractivity contribution in [3.8, 4) is 0 Å². The van der Waals surface area contributed by atoms with Gasteiger partial charge in [-0.2, -0.15) is 0 Å². The van der Waals surface area contributed by atoms with Crippen molar-refractivity contribution in [1.29, 1.82) is 0 Å². The summed E-state index contributed by atoms with van der Waals surface area (Å²) in [6, 6.07) is 1.96. The molecule has 1 heterocycles. The number of aromatic nitrogens is 1. The molecular formula is C9H3BrClF2N. The molecule has 0 amide bonds. The van der Waals surface area contributed by atoms with Gasteiger partial charge in [0.1, 0.15) is 16.8 Å². The van der Waals surface area contributed by atoms with E-state index in [1.807, 2.05) is 0 Å². The van der Waals surface area contributed by atoms with Crippen molar-refractivity contribution in [2.75, 3.05) is 0 Å². The number of nitrogens with zero attached hydrogens (tertiary/aromatic N) is 1. The third kappa shape index (κ3) is 1.48. The van der Waals surface area contributed by atoms with Crippen LogP contribution in [0, 0.1) is 11.6 Å². The molecule has 0 atom stereocenters. The molecule has 1 nitrogen and oxygen atoms in total. The molecule has 0 saturated carbocycles. The second-order valence-corrected chi connectivity index (χ2v) is 3.92. The Morgan fingerprint density at radius 3 is 2.71 bits per heavy atom. The van der Waals surface area contributed by atoms with Crippen molar-refractivity contribution in [3.05, 3.63) is 39.6 Å². The molecule has 0 unspecified atom stereocenters. The number of pyridine rings is 1. The van der Waals surface area contributed by atoms with Gasteiger partial charge in [-0.1, -0.05) is 11.6 Å². The molecule has 0 N–H and O–H groups in total. The lowest BCUT2D eigenvalue weighted by Crippen LogP contribution is -1.87. The largest absolute Gasteiger partial charge is 0.243 e. The number of hydrogen-bond donors (Lipinski definition) is 0. The monoisotopic (exact) mass is 277 g/mol. The summed E-state index contributed by atoms with van der Waals surface area (Å²) in [5.41, 5.74) is 0. The van der Waals surface area contributed by atoms with Crippen LogP contribution >= 0.6 is 27.5 Å². The molecule has 0 saturated heterocycles. The number of benzene rings is 1. The lowest BCUT2D eigenvalue weighted by Gasteiger charge is -2.03. The highest BCUT2D eigenvalue weighted by Gasteiger charge is 2.10. The average Bonchev–Trinajstić information content (AvgIpc) is 2.10. The van der Waals surface area contributed by atoms with Gasteiger partial charge in [0, 0.05) is 27.5 Å². The van der Waals surface area contributed by atoms with Gasteiger partial charge in [-0.05, 0) is 22.0 Å². The van der Waals surface area contributed by atoms with E-state index in [1.54, 1.807) is 0 Å². The van der Waals surface area contributed by atoms with Gasteiger partial charge >= 0.3 is 0 Å². The summed E-state index contributed by atoms with van der Waals surface area (Å²) in [4.78, 5) is 3.77. The molecule has 0 radical (unpaired) electrons. The van der Waals surface area contributed by atoms with Gasteiger partial charge in [0.05, 0.1) is 0 Å². The van der Waals surface area contributed by atoms with Crippen molar-refractivity contribution in [3.63, 3.8) is 0 Å². The Kier molecular flexibility index (Phi) is 2.41. The molecule has 0 aliphatic rings. The standard InChI is InChI=1S/C9H3BrClF2N/c10-6-3-14-9(11)5-1-4(12)2-7(13)8(5)6/h1-3H. The molecule has 14 heavy (non-hydrogen) atoms. The number of rotatable bonds is 0. The van der Waals surface area contributed by atoms with E-state index in [9.17, 15) is 8.78 Å². The Bertz CT molecular complexity index is 516. The van der Waals surface area contributed by atoms with Gasteiger partial charge in [-0.25, -0.2) is 13.8 Å². The lowest BCUT2D eigenvalue weighted by atomic mass is 10.1. The fraction of sp³-hybridized carbons (Fsp3) is 0. The molecule has 2 rings (SSSR count). The zero-order valence-corrected chi connectivity index (χ0v) is 9.03. The summed E-state index contributed by atoms with van der Waals surface area (Å²) in [6.45, 7) is 0. The maximum atomic E-state index is 13.3. The van der Waals surface area contributed by atoms with Gasteiger partial charge < -0.3 is 0 Å². The van der Waals surface area contributed by atoms with E-state index in [2.05, 4.69) is 20.9 Å². The predicted molar refractivity (Wildman–Crippen MR) is 54.4 cm³/mol. The van der Waals surface area contributed by atoms with Crippen molar-refractivity contribution < 1.29 is 8.78 Å². The first kappa shape index (κ1) is 9.80. The molecule has 0 aliphatic carbocycles. The molecule has 1 aromatic carbocycles. The van der Waals surface area contributed by atoms with Crippen LogP contribution in [-0.4, -0.2) is 4.98 Å². The van der Waals surface area contributed by atoms with Crippen LogP contribution in [-0.2, 0) is 0 Å². The molecule has 0 bridgehead atoms. The van der Waals surface area contributed by atoms with Crippen molar-refractivity contribution >= 4 is 38.3 Å². The highest BCUT2D eigenvalue weighted by atomic mass is 79.9. The first-order chi connectivity index (χ1) is 6.59. The van der Waals surface area contributed by atoms with Crippen LogP contribution in [0.3, 0.4) is 0 Å². The molecule has 0 spiro atoms. The second-order valence-electron chi connectivity index (χ2n) is 2.71. The number of hydrogen-bond acceptors (Lipinski definition) is 1. The van der Waals surface area contributed by atoms with Crippen molar-refractivity contribution in [2.45, 2.75) is 0 Å². The SMILES string of the molecule is Fc1cc(F)c2c(Br)cnc(Cl)c2c1. The summed E-state index contributed by atoms with van der Waals surface area (Å²) in [5.74, 6) is -1.33. The first-order valence-corrected chi connectivity index (χ1v) is 4.85. The van der Waals surface area contributed by atoms with Crippen LogP contribution in [0.1, 0.15) is 0 Å². The summed E-state index contributed by atoms with van der Waals surface area (Å²) >= 11 is 8.83. The highest BCUT2D eigenvalue weighted by molar-refractivity contribution is 9.10. The van der Waals surface area contributed by atoms with Gasteiger partial charge in [-0.3, -0.25) is 0 Å². The van der Waals surface area contributed by atoms with Crippen LogP contribution in [0.15, 0.2) is 22.8 Å². The quantitative estimate of drug-likeness (QED) is 0.665. The maximum Gasteiger partial charge on any atom is 0.137 e. The minimum Gasteiger partial charge on any atom is -0.243 e. The van der Waals surface area contributed by atoms with Gasteiger partial charge in [-0.15, -0.1) is 0 Å². The fourth-order valence-corrected chi connectivity index (χ4v) is 1.93. The minimum absolute atomic E-state index is 0.0848. The number of halogens is 4. The molecule has 0 fully saturated rings. The van der Waals surface area contributed by atoms with E-state index >= 15 is 0 Å². The maximum absolute atomic E-state index is 13.3. The predicted octanol–water partition coefficient (Wildman–Crippen LogP) is 3.93. The van der Waals surface area contributed by atoms with E-state index in [4.69, 9.17) is 11.6 Å². The Morgan fingerprint density at radius 2 is 2.00 bits per heavy atom. The molecular weight excluding hydrogens is 275 g/mol. The van der Waals surface area contributed by atoms with Crippen LogP contribution < -0.4 is 0 Å². The summed E-state index contributed by atoms with van der Waals surface area (Å²) in [6.07, 6.45) is 1.38. The van der Waals surface area contributed by atoms with Crippen LogP contribution in [0.4, 0.5) is 8.78 Å². The molecule has 72 valence electrons. The fourth-order valence-electron chi connectivity index (χ4n) is 1.23. The molecule has 1 aromatic heterocycles. The first-order valence-electron chi connectivity index (χ1n) is 3.68. The van der Waals surface area contributed by atoms with Crippen LogP contribution in [0.25, 0.3) is 10.8 Å². The topological polar surface area (TPSA) is 12.9 Å². The number of fused-ring (bicyclic) bond motifs is 1. The summed E-state index contributed by atoms with van der Waals surface area (Å²) < 4.78 is 26.7. The highest BCUT2D eigenvalue weighted by Crippen LogP contribution is 2.30. The van der Waals surface area contributed by atoms with E-state index in [0.717, 1.165) is 12.1 Å². The Balaban J connectivity index is 3.00. The van der Waals surface area contributed by atoms with E-state index in [0.29, 0.717) is 4.47 Å². The molecule has 2 aromatic rings. The third-order valence-corrected chi connectivity index (χ3v) is 2.71. The van der Waals surface area contributed by atoms with E-state index < -0.39 is 11.6 Å². The zero-order valence-electron chi connectivity index (χ0n) is 6.69. The van der Waals surface area contributed by atoms with Gasteiger partial charge in [0.15, 0.2) is 0 Å². The Hall–Kier alpha value is -0.740. The van der Waals surface area contributed by atoms with Crippen molar-refractivity contribution in [1.82, 2.24) is 4.98 Å². The minimum atomic E-state index is -0.670. The Morgan fingerprint density at radius 1 is 1.29 bits per heavy atom. The Labute approximate surface area is 91.8 Å². The van der Waals surface area contributed by atoms with Crippen LogP contribution in [0.5, 0.6) is 0 Å². The van der Waals surface area contributed by atoms with E-state index in [1.165, 1.54) is 6.20 Å². The van der Waals surface area contributed by atoms with Gasteiger partial charge in [0.2, 0.25) is 0 Å². The third-order valence-electron chi connectivity index (χ3n) is 1.81. The second kappa shape index (κ2) is 3.44. The lowest BCUT2D eigenvalue weighted by molar-refractivity contribution is 0.591. The van der Waals surface area contributed by atoms with E-state index in [-0.39, 0.29) is 15.9 Å². The molecule has 0 aliphatic heterocycles. The molecule has 5 heteroatoms. The zero-order chi connectivity index (χ0) is 10.3. The normalized spacial score (nSPS) is 10.9. The average molecular weight is 278 g/mol. The summed E-state index contributed by atoms with van der Waals surface area (Å²) in [7, 11) is 0. The van der Waals surface area contributed by atoms with Crippen LogP contribution in [0.2, 0.25) is 5.15 Å². The summed E-state index contributed by atoms with van der Waals surface area (Å²) in [5, 5.41) is 0.589. The van der Waals surface area contributed by atoms with Crippen molar-refractivity contribution in [2.24, 2.45) is 0 Å². The smallest absolute Gasteiger partial charge is 0.137 e. The van der Waals surface area contributed by atoms with Gasteiger partial charge in [0.25, 0.3) is 0 Å².